The molecule has 3 rings (SSSR count). The molecule has 0 bridgehead atoms. The lowest BCUT2D eigenvalue weighted by molar-refractivity contribution is -0.129. The van der Waals surface area contributed by atoms with Crippen LogP contribution < -0.4 is 4.74 Å². The molecule has 0 aromatic heterocycles. The minimum Gasteiger partial charge on any atom is -0.487 e. The molecule has 4 nitrogen and oxygen atoms in total. The van der Waals surface area contributed by atoms with Crippen LogP contribution in [-0.2, 0) is 9.53 Å². The van der Waals surface area contributed by atoms with E-state index >= 15 is 0 Å². The number of nitrogens with zero attached hydrogens (tertiary/aromatic N) is 1. The highest BCUT2D eigenvalue weighted by atomic mass is 79.9. The van der Waals surface area contributed by atoms with E-state index in [1.165, 1.54) is 0 Å². The zero-order valence-electron chi connectivity index (χ0n) is 14.9. The van der Waals surface area contributed by atoms with Gasteiger partial charge in [-0.25, -0.2) is 9.79 Å². The SMILES string of the molecule is C=C(C)COc1c(Br)cc(/C=C2\N=C(c3ccc(C)cc3)OC2=O)cc1Br. The van der Waals surface area contributed by atoms with Crippen molar-refractivity contribution < 1.29 is 14.3 Å². The summed E-state index contributed by atoms with van der Waals surface area (Å²) >= 11 is 7.00. The van der Waals surface area contributed by atoms with Crippen LogP contribution in [0.3, 0.4) is 0 Å². The minimum absolute atomic E-state index is 0.250. The Morgan fingerprint density at radius 2 is 1.85 bits per heavy atom. The molecule has 2 aromatic rings. The van der Waals surface area contributed by atoms with E-state index in [0.717, 1.165) is 31.2 Å². The van der Waals surface area contributed by atoms with E-state index in [0.29, 0.717) is 18.3 Å². The normalized spacial score (nSPS) is 14.9. The molecule has 0 atom stereocenters. The molecule has 1 heterocycles. The van der Waals surface area contributed by atoms with Crippen molar-refractivity contribution in [2.45, 2.75) is 13.8 Å². The maximum atomic E-state index is 12.2. The second kappa shape index (κ2) is 8.23. The number of carbonyl (C=O) groups is 1. The highest BCUT2D eigenvalue weighted by Crippen LogP contribution is 2.36. The monoisotopic (exact) mass is 489 g/mol. The third-order valence-corrected chi connectivity index (χ3v) is 4.88. The van der Waals surface area contributed by atoms with Crippen LogP contribution in [0, 0.1) is 6.92 Å². The number of esters is 1. The average molecular weight is 491 g/mol. The highest BCUT2D eigenvalue weighted by molar-refractivity contribution is 9.11. The Bertz CT molecular complexity index is 952. The van der Waals surface area contributed by atoms with Gasteiger partial charge in [0.05, 0.1) is 8.95 Å². The first kappa shape index (κ1) is 19.6. The third kappa shape index (κ3) is 4.76. The summed E-state index contributed by atoms with van der Waals surface area (Å²) in [6, 6.07) is 11.4. The number of hydrogen-bond donors (Lipinski definition) is 0. The summed E-state index contributed by atoms with van der Waals surface area (Å²) < 4.78 is 12.6. The lowest BCUT2D eigenvalue weighted by Crippen LogP contribution is -2.05. The van der Waals surface area contributed by atoms with Crippen LogP contribution in [0.25, 0.3) is 6.08 Å². The molecule has 0 aliphatic carbocycles. The molecule has 0 spiro atoms. The fourth-order valence-electron chi connectivity index (χ4n) is 2.38. The molecule has 0 radical (unpaired) electrons. The molecule has 0 saturated heterocycles. The third-order valence-electron chi connectivity index (χ3n) is 3.71. The first-order valence-corrected chi connectivity index (χ1v) is 9.78. The highest BCUT2D eigenvalue weighted by Gasteiger charge is 2.24. The standard InChI is InChI=1S/C21H17Br2NO3/c1-12(2)11-26-19-16(22)8-14(9-17(19)23)10-18-21(25)27-20(24-18)15-6-4-13(3)5-7-15/h4-10H,1,11H2,2-3H3/b18-10-. The van der Waals surface area contributed by atoms with Gasteiger partial charge in [-0.2, -0.15) is 0 Å². The Morgan fingerprint density at radius 1 is 1.22 bits per heavy atom. The summed E-state index contributed by atoms with van der Waals surface area (Å²) in [6.07, 6.45) is 1.68. The summed E-state index contributed by atoms with van der Waals surface area (Å²) in [4.78, 5) is 16.5. The molecule has 27 heavy (non-hydrogen) atoms. The number of benzene rings is 2. The van der Waals surface area contributed by atoms with Crippen molar-refractivity contribution in [2.75, 3.05) is 6.61 Å². The van der Waals surface area contributed by atoms with Crippen molar-refractivity contribution in [3.63, 3.8) is 0 Å². The van der Waals surface area contributed by atoms with Gasteiger partial charge in [0.2, 0.25) is 5.90 Å². The summed E-state index contributed by atoms with van der Waals surface area (Å²) in [5.74, 6) is 0.518. The Hall–Kier alpha value is -2.18. The van der Waals surface area contributed by atoms with E-state index in [2.05, 4.69) is 43.4 Å². The summed E-state index contributed by atoms with van der Waals surface area (Å²) in [5, 5.41) is 0. The lowest BCUT2D eigenvalue weighted by Gasteiger charge is -2.11. The zero-order chi connectivity index (χ0) is 19.6. The van der Waals surface area contributed by atoms with Crippen LogP contribution in [0.4, 0.5) is 0 Å². The van der Waals surface area contributed by atoms with Gasteiger partial charge in [0, 0.05) is 5.56 Å². The molecule has 138 valence electrons. The number of ether oxygens (including phenoxy) is 2. The van der Waals surface area contributed by atoms with Crippen LogP contribution >= 0.6 is 31.9 Å². The number of halogens is 2. The van der Waals surface area contributed by atoms with Gasteiger partial charge in [-0.15, -0.1) is 0 Å². The molecule has 0 unspecified atom stereocenters. The van der Waals surface area contributed by atoms with Gasteiger partial charge in [-0.3, -0.25) is 0 Å². The zero-order valence-corrected chi connectivity index (χ0v) is 18.1. The summed E-state index contributed by atoms with van der Waals surface area (Å²) in [7, 11) is 0. The predicted octanol–water partition coefficient (Wildman–Crippen LogP) is 5.82. The van der Waals surface area contributed by atoms with Crippen molar-refractivity contribution in [3.05, 3.63) is 79.9 Å². The van der Waals surface area contributed by atoms with E-state index in [1.54, 1.807) is 6.08 Å². The molecule has 2 aromatic carbocycles. The molecule has 0 saturated carbocycles. The van der Waals surface area contributed by atoms with Crippen molar-refractivity contribution >= 4 is 49.8 Å². The number of cyclic esters (lactones) is 1. The number of carbonyl (C=O) groups excluding carboxylic acids is 1. The summed E-state index contributed by atoms with van der Waals surface area (Å²) in [5.41, 5.74) is 3.86. The van der Waals surface area contributed by atoms with Gasteiger partial charge in [0.1, 0.15) is 12.4 Å². The second-order valence-corrected chi connectivity index (χ2v) is 7.97. The van der Waals surface area contributed by atoms with Crippen molar-refractivity contribution in [1.82, 2.24) is 0 Å². The van der Waals surface area contributed by atoms with Crippen molar-refractivity contribution in [2.24, 2.45) is 4.99 Å². The largest absolute Gasteiger partial charge is 0.487 e. The molecule has 1 aliphatic heterocycles. The van der Waals surface area contributed by atoms with E-state index in [-0.39, 0.29) is 5.70 Å². The van der Waals surface area contributed by atoms with Crippen LogP contribution in [0.2, 0.25) is 0 Å². The van der Waals surface area contributed by atoms with Crippen molar-refractivity contribution in [3.8, 4) is 5.75 Å². The van der Waals surface area contributed by atoms with E-state index in [1.807, 2.05) is 50.2 Å². The lowest BCUT2D eigenvalue weighted by atomic mass is 10.1. The van der Waals surface area contributed by atoms with Gasteiger partial charge in [0.15, 0.2) is 5.70 Å². The fourth-order valence-corrected chi connectivity index (χ4v) is 3.83. The van der Waals surface area contributed by atoms with Gasteiger partial charge < -0.3 is 9.47 Å². The van der Waals surface area contributed by atoms with E-state index in [4.69, 9.17) is 9.47 Å². The Morgan fingerprint density at radius 3 is 2.44 bits per heavy atom. The quantitative estimate of drug-likeness (QED) is 0.301. The van der Waals surface area contributed by atoms with E-state index in [9.17, 15) is 4.79 Å². The first-order chi connectivity index (χ1) is 12.8. The van der Waals surface area contributed by atoms with E-state index < -0.39 is 5.97 Å². The number of hydrogen-bond acceptors (Lipinski definition) is 4. The Kier molecular flexibility index (Phi) is 5.97. The predicted molar refractivity (Wildman–Crippen MR) is 114 cm³/mol. The molecular weight excluding hydrogens is 474 g/mol. The van der Waals surface area contributed by atoms with Crippen LogP contribution in [0.15, 0.2) is 68.2 Å². The fraction of sp³-hybridized carbons (Fsp3) is 0.143. The molecule has 0 N–H and O–H groups in total. The maximum absolute atomic E-state index is 12.2. The first-order valence-electron chi connectivity index (χ1n) is 8.19. The summed E-state index contributed by atoms with van der Waals surface area (Å²) in [6.45, 7) is 8.15. The van der Waals surface area contributed by atoms with Crippen molar-refractivity contribution in [1.29, 1.82) is 0 Å². The van der Waals surface area contributed by atoms with Crippen LogP contribution in [0.5, 0.6) is 5.75 Å². The molecule has 1 aliphatic rings. The number of aryl methyl sites for hydroxylation is 1. The molecule has 6 heteroatoms. The second-order valence-electron chi connectivity index (χ2n) is 6.26. The topological polar surface area (TPSA) is 47.9 Å². The van der Waals surface area contributed by atoms with Gasteiger partial charge in [0.25, 0.3) is 0 Å². The Labute approximate surface area is 174 Å². The van der Waals surface area contributed by atoms with Gasteiger partial charge in [-0.1, -0.05) is 24.3 Å². The van der Waals surface area contributed by atoms with Gasteiger partial charge in [-0.05, 0) is 87.2 Å². The number of aliphatic imine (C=N–C) groups is 1. The maximum Gasteiger partial charge on any atom is 0.363 e. The smallest absolute Gasteiger partial charge is 0.363 e. The molecule has 0 amide bonds. The minimum atomic E-state index is -0.472. The van der Waals surface area contributed by atoms with Gasteiger partial charge >= 0.3 is 5.97 Å². The average Bonchev–Trinajstić information content (AvgIpc) is 2.95. The van der Waals surface area contributed by atoms with Crippen LogP contribution in [-0.4, -0.2) is 18.5 Å². The number of rotatable bonds is 5. The molecular formula is C21H17Br2NO3. The Balaban J connectivity index is 1.88. The van der Waals surface area contributed by atoms with Crippen LogP contribution in [0.1, 0.15) is 23.6 Å². The molecule has 0 fully saturated rings.